The van der Waals surface area contributed by atoms with Crippen LogP contribution in [0.5, 0.6) is 0 Å². The van der Waals surface area contributed by atoms with Crippen LogP contribution in [0.25, 0.3) is 0 Å². The predicted octanol–water partition coefficient (Wildman–Crippen LogP) is 2.93. The van der Waals surface area contributed by atoms with Gasteiger partial charge >= 0.3 is 0 Å². The molecular weight excluding hydrogens is 409 g/mol. The highest BCUT2D eigenvalue weighted by atomic mass is 127. The molecule has 122 valence electrons. The topological polar surface area (TPSA) is 54.2 Å². The van der Waals surface area contributed by atoms with Crippen LogP contribution in [-0.4, -0.2) is 29.3 Å². The first-order valence-electron chi connectivity index (χ1n) is 7.17. The Morgan fingerprint density at radius 1 is 1.36 bits per heavy atom. The highest BCUT2D eigenvalue weighted by Crippen LogP contribution is 2.07. The maximum absolute atomic E-state index is 4.46. The summed E-state index contributed by atoms with van der Waals surface area (Å²) in [5.41, 5.74) is 2.29. The summed E-state index contributed by atoms with van der Waals surface area (Å²) in [5, 5.41) is 13.2. The zero-order valence-corrected chi connectivity index (χ0v) is 16.4. The summed E-state index contributed by atoms with van der Waals surface area (Å²) in [6, 6.07) is 6.29. The third-order valence-corrected chi connectivity index (χ3v) is 4.05. The Hall–Kier alpha value is -1.09. The highest BCUT2D eigenvalue weighted by molar-refractivity contribution is 14.0. The molecule has 0 radical (unpaired) electrons. The molecule has 2 N–H and O–H groups in total. The van der Waals surface area contributed by atoms with Crippen molar-refractivity contribution in [3.63, 3.8) is 0 Å². The molecule has 0 bridgehead atoms. The summed E-state index contributed by atoms with van der Waals surface area (Å²) in [5.74, 6) is 0.844. The van der Waals surface area contributed by atoms with E-state index in [9.17, 15) is 0 Å². The van der Waals surface area contributed by atoms with Crippen molar-refractivity contribution in [3.8, 4) is 0 Å². The Kier molecular flexibility index (Phi) is 8.47. The average molecular weight is 433 g/mol. The van der Waals surface area contributed by atoms with Gasteiger partial charge in [0.15, 0.2) is 5.96 Å². The zero-order valence-electron chi connectivity index (χ0n) is 13.3. The molecule has 0 unspecified atom stereocenters. The molecule has 22 heavy (non-hydrogen) atoms. The second kappa shape index (κ2) is 9.83. The van der Waals surface area contributed by atoms with Crippen molar-refractivity contribution in [1.29, 1.82) is 0 Å². The molecule has 0 atom stereocenters. The SMILES string of the molecule is CN=C(NCCCn1nc(C)cc1C)NCc1cccs1.I. The van der Waals surface area contributed by atoms with Crippen LogP contribution in [0, 0.1) is 13.8 Å². The molecule has 0 saturated heterocycles. The van der Waals surface area contributed by atoms with Gasteiger partial charge in [0.05, 0.1) is 12.2 Å². The van der Waals surface area contributed by atoms with Crippen LogP contribution in [0.2, 0.25) is 0 Å². The van der Waals surface area contributed by atoms with Gasteiger partial charge in [-0.15, -0.1) is 35.3 Å². The van der Waals surface area contributed by atoms with E-state index >= 15 is 0 Å². The van der Waals surface area contributed by atoms with Crippen molar-refractivity contribution in [1.82, 2.24) is 20.4 Å². The molecule has 0 saturated carbocycles. The second-order valence-corrected chi connectivity index (χ2v) is 5.97. The monoisotopic (exact) mass is 433 g/mol. The van der Waals surface area contributed by atoms with E-state index in [1.165, 1.54) is 10.6 Å². The van der Waals surface area contributed by atoms with E-state index in [4.69, 9.17) is 0 Å². The fraction of sp³-hybridized carbons (Fsp3) is 0.467. The van der Waals surface area contributed by atoms with Crippen molar-refractivity contribution in [2.75, 3.05) is 13.6 Å². The van der Waals surface area contributed by atoms with E-state index in [-0.39, 0.29) is 24.0 Å². The molecule has 2 heterocycles. The van der Waals surface area contributed by atoms with Gasteiger partial charge in [0.1, 0.15) is 0 Å². The van der Waals surface area contributed by atoms with Crippen LogP contribution >= 0.6 is 35.3 Å². The molecule has 0 aliphatic heterocycles. The minimum Gasteiger partial charge on any atom is -0.356 e. The molecule has 0 spiro atoms. The number of guanidine groups is 1. The van der Waals surface area contributed by atoms with Gasteiger partial charge in [-0.25, -0.2) is 0 Å². The average Bonchev–Trinajstić information content (AvgIpc) is 3.08. The fourth-order valence-corrected chi connectivity index (χ4v) is 2.79. The molecule has 2 aromatic rings. The number of nitrogens with zero attached hydrogens (tertiary/aromatic N) is 3. The number of aromatic nitrogens is 2. The maximum Gasteiger partial charge on any atom is 0.191 e. The number of hydrogen-bond donors (Lipinski definition) is 2. The number of aliphatic imine (C=N–C) groups is 1. The van der Waals surface area contributed by atoms with E-state index in [0.29, 0.717) is 0 Å². The van der Waals surface area contributed by atoms with Crippen molar-refractivity contribution >= 4 is 41.3 Å². The van der Waals surface area contributed by atoms with E-state index < -0.39 is 0 Å². The summed E-state index contributed by atoms with van der Waals surface area (Å²) < 4.78 is 2.05. The lowest BCUT2D eigenvalue weighted by Crippen LogP contribution is -2.37. The van der Waals surface area contributed by atoms with Crippen molar-refractivity contribution in [3.05, 3.63) is 39.8 Å². The third kappa shape index (κ3) is 5.96. The van der Waals surface area contributed by atoms with E-state index in [1.807, 2.05) is 6.92 Å². The minimum atomic E-state index is 0. The number of nitrogens with one attached hydrogen (secondary N) is 2. The number of hydrogen-bond acceptors (Lipinski definition) is 3. The van der Waals surface area contributed by atoms with Gasteiger partial charge in [0.2, 0.25) is 0 Å². The summed E-state index contributed by atoms with van der Waals surface area (Å²) in [6.45, 7) is 6.74. The first-order chi connectivity index (χ1) is 10.2. The molecular formula is C15H24IN5S. The lowest BCUT2D eigenvalue weighted by molar-refractivity contribution is 0.555. The normalized spacial score (nSPS) is 11.1. The van der Waals surface area contributed by atoms with Crippen molar-refractivity contribution in [2.45, 2.75) is 33.4 Å². The summed E-state index contributed by atoms with van der Waals surface area (Å²) >= 11 is 1.75. The van der Waals surface area contributed by atoms with Crippen LogP contribution in [0.3, 0.4) is 0 Å². The molecule has 0 amide bonds. The van der Waals surface area contributed by atoms with Gasteiger partial charge in [-0.1, -0.05) is 6.07 Å². The van der Waals surface area contributed by atoms with Crippen LogP contribution in [0.4, 0.5) is 0 Å². The van der Waals surface area contributed by atoms with Gasteiger partial charge in [0.25, 0.3) is 0 Å². The number of halogens is 1. The lowest BCUT2D eigenvalue weighted by Gasteiger charge is -2.11. The van der Waals surface area contributed by atoms with Crippen molar-refractivity contribution < 1.29 is 0 Å². The fourth-order valence-electron chi connectivity index (χ4n) is 2.14. The van der Waals surface area contributed by atoms with E-state index in [0.717, 1.165) is 37.7 Å². The quantitative estimate of drug-likeness (QED) is 0.319. The maximum atomic E-state index is 4.46. The van der Waals surface area contributed by atoms with Crippen LogP contribution < -0.4 is 10.6 Å². The van der Waals surface area contributed by atoms with Crippen molar-refractivity contribution in [2.24, 2.45) is 4.99 Å². The second-order valence-electron chi connectivity index (χ2n) is 4.94. The van der Waals surface area contributed by atoms with E-state index in [1.54, 1.807) is 18.4 Å². The highest BCUT2D eigenvalue weighted by Gasteiger charge is 2.01. The van der Waals surface area contributed by atoms with Gasteiger partial charge in [-0.3, -0.25) is 9.67 Å². The Balaban J connectivity index is 0.00000242. The summed E-state index contributed by atoms with van der Waals surface area (Å²) in [7, 11) is 1.80. The Morgan fingerprint density at radius 2 is 2.18 bits per heavy atom. The van der Waals surface area contributed by atoms with Gasteiger partial charge in [-0.05, 0) is 37.8 Å². The first kappa shape index (κ1) is 19.0. The van der Waals surface area contributed by atoms with Crippen LogP contribution in [-0.2, 0) is 13.1 Å². The minimum absolute atomic E-state index is 0. The molecule has 0 aliphatic carbocycles. The predicted molar refractivity (Wildman–Crippen MR) is 104 cm³/mol. The van der Waals surface area contributed by atoms with Crippen LogP contribution in [0.15, 0.2) is 28.6 Å². The zero-order chi connectivity index (χ0) is 15.1. The molecule has 2 rings (SSSR count). The van der Waals surface area contributed by atoms with Gasteiger partial charge < -0.3 is 10.6 Å². The number of aryl methyl sites for hydroxylation is 3. The third-order valence-electron chi connectivity index (χ3n) is 3.18. The molecule has 7 heteroatoms. The molecule has 2 aromatic heterocycles. The Labute approximate surface area is 153 Å². The first-order valence-corrected chi connectivity index (χ1v) is 8.05. The van der Waals surface area contributed by atoms with E-state index in [2.05, 4.69) is 55.9 Å². The number of thiophene rings is 1. The number of rotatable bonds is 6. The lowest BCUT2D eigenvalue weighted by atomic mass is 10.4. The Morgan fingerprint density at radius 3 is 2.77 bits per heavy atom. The summed E-state index contributed by atoms with van der Waals surface area (Å²) in [4.78, 5) is 5.54. The molecule has 5 nitrogen and oxygen atoms in total. The standard InChI is InChI=1S/C15H23N5S.HI/c1-12-10-13(2)20(19-12)8-5-7-17-15(16-3)18-11-14-6-4-9-21-14;/h4,6,9-10H,5,7-8,11H2,1-3H3,(H2,16,17,18);1H. The summed E-state index contributed by atoms with van der Waals surface area (Å²) in [6.07, 6.45) is 1.02. The molecule has 0 fully saturated rings. The molecule has 0 aromatic carbocycles. The van der Waals surface area contributed by atoms with Gasteiger partial charge in [0, 0.05) is 30.7 Å². The smallest absolute Gasteiger partial charge is 0.191 e. The van der Waals surface area contributed by atoms with Gasteiger partial charge in [-0.2, -0.15) is 5.10 Å². The Bertz CT molecular complexity index is 577. The molecule has 0 aliphatic rings. The van der Waals surface area contributed by atoms with Crippen LogP contribution in [0.1, 0.15) is 22.7 Å². The largest absolute Gasteiger partial charge is 0.356 e.